The van der Waals surface area contributed by atoms with Crippen LogP contribution in [0.5, 0.6) is 0 Å². The molecular formula is C15H21N3O. The van der Waals surface area contributed by atoms with Crippen LogP contribution in [0.4, 0.5) is 0 Å². The van der Waals surface area contributed by atoms with Crippen LogP contribution in [0.2, 0.25) is 0 Å². The van der Waals surface area contributed by atoms with Crippen molar-refractivity contribution in [1.82, 2.24) is 10.3 Å². The minimum atomic E-state index is 0.409. The average molecular weight is 259 g/mol. The van der Waals surface area contributed by atoms with Crippen LogP contribution >= 0.6 is 0 Å². The number of aromatic nitrogens is 1. The van der Waals surface area contributed by atoms with Crippen molar-refractivity contribution in [3.8, 4) is 0 Å². The molecule has 0 unspecified atom stereocenters. The molecule has 0 aliphatic heterocycles. The highest BCUT2D eigenvalue weighted by Gasteiger charge is 2.40. The molecule has 4 heteroatoms. The molecule has 3 N–H and O–H groups in total. The number of hydrogen-bond acceptors (Lipinski definition) is 4. The summed E-state index contributed by atoms with van der Waals surface area (Å²) >= 11 is 0. The van der Waals surface area contributed by atoms with E-state index in [9.17, 15) is 0 Å². The van der Waals surface area contributed by atoms with Crippen molar-refractivity contribution in [2.45, 2.75) is 26.2 Å². The van der Waals surface area contributed by atoms with Crippen LogP contribution in [0.25, 0.3) is 11.1 Å². The molecule has 3 rings (SSSR count). The fraction of sp³-hybridized carbons (Fsp3) is 0.533. The summed E-state index contributed by atoms with van der Waals surface area (Å²) in [5.41, 5.74) is 9.29. The van der Waals surface area contributed by atoms with Crippen LogP contribution < -0.4 is 11.1 Å². The number of nitrogens with zero attached hydrogens (tertiary/aromatic N) is 1. The average Bonchev–Trinajstić information content (AvgIpc) is 3.09. The van der Waals surface area contributed by atoms with Crippen molar-refractivity contribution < 1.29 is 4.42 Å². The molecule has 0 bridgehead atoms. The summed E-state index contributed by atoms with van der Waals surface area (Å²) < 4.78 is 5.55. The van der Waals surface area contributed by atoms with Gasteiger partial charge >= 0.3 is 0 Å². The van der Waals surface area contributed by atoms with Crippen LogP contribution in [0, 0.1) is 12.3 Å². The Morgan fingerprint density at radius 1 is 1.42 bits per heavy atom. The molecule has 0 radical (unpaired) electrons. The molecule has 2 aromatic rings. The normalized spacial score (nSPS) is 16.9. The Kier molecular flexibility index (Phi) is 3.29. The number of nitrogens with one attached hydrogen (secondary N) is 1. The Hall–Kier alpha value is -1.39. The topological polar surface area (TPSA) is 64.1 Å². The lowest BCUT2D eigenvalue weighted by Crippen LogP contribution is -2.30. The van der Waals surface area contributed by atoms with Gasteiger partial charge in [-0.1, -0.05) is 6.07 Å². The zero-order chi connectivity index (χ0) is 13.3. The molecule has 1 aromatic carbocycles. The van der Waals surface area contributed by atoms with Gasteiger partial charge in [-0.05, 0) is 55.5 Å². The lowest BCUT2D eigenvalue weighted by molar-refractivity contribution is 0.470. The lowest BCUT2D eigenvalue weighted by Gasteiger charge is -2.13. The SMILES string of the molecule is Cc1nc2ccc(CCNCC3(CN)CC3)cc2o1. The maximum atomic E-state index is 5.77. The molecule has 1 fully saturated rings. The summed E-state index contributed by atoms with van der Waals surface area (Å²) in [6, 6.07) is 6.25. The van der Waals surface area contributed by atoms with Gasteiger partial charge in [-0.15, -0.1) is 0 Å². The predicted molar refractivity (Wildman–Crippen MR) is 76.0 cm³/mol. The third-order valence-corrected chi connectivity index (χ3v) is 4.04. The van der Waals surface area contributed by atoms with Gasteiger partial charge in [0.15, 0.2) is 11.5 Å². The van der Waals surface area contributed by atoms with Gasteiger partial charge in [-0.3, -0.25) is 0 Å². The van der Waals surface area contributed by atoms with Crippen molar-refractivity contribution in [3.05, 3.63) is 29.7 Å². The molecule has 102 valence electrons. The molecule has 1 aliphatic rings. The largest absolute Gasteiger partial charge is 0.441 e. The Bertz CT molecular complexity index is 572. The van der Waals surface area contributed by atoms with Gasteiger partial charge in [-0.25, -0.2) is 4.98 Å². The van der Waals surface area contributed by atoms with E-state index in [1.165, 1.54) is 18.4 Å². The molecule has 4 nitrogen and oxygen atoms in total. The first-order valence-electron chi connectivity index (χ1n) is 6.98. The first-order valence-corrected chi connectivity index (χ1v) is 6.98. The Morgan fingerprint density at radius 2 is 2.26 bits per heavy atom. The van der Waals surface area contributed by atoms with Gasteiger partial charge in [0.25, 0.3) is 0 Å². The monoisotopic (exact) mass is 259 g/mol. The summed E-state index contributed by atoms with van der Waals surface area (Å²) in [6.07, 6.45) is 3.57. The maximum absolute atomic E-state index is 5.77. The number of oxazole rings is 1. The van der Waals surface area contributed by atoms with Gasteiger partial charge in [0.2, 0.25) is 0 Å². The van der Waals surface area contributed by atoms with Crippen molar-refractivity contribution in [3.63, 3.8) is 0 Å². The van der Waals surface area contributed by atoms with Crippen LogP contribution in [0.15, 0.2) is 22.6 Å². The van der Waals surface area contributed by atoms with E-state index < -0.39 is 0 Å². The molecule has 1 aromatic heterocycles. The van der Waals surface area contributed by atoms with E-state index in [1.807, 2.05) is 13.0 Å². The number of aryl methyl sites for hydroxylation is 1. The van der Waals surface area contributed by atoms with E-state index in [4.69, 9.17) is 10.2 Å². The number of nitrogens with two attached hydrogens (primary N) is 1. The van der Waals surface area contributed by atoms with Gasteiger partial charge in [0, 0.05) is 13.5 Å². The molecule has 0 atom stereocenters. The molecule has 19 heavy (non-hydrogen) atoms. The van der Waals surface area contributed by atoms with Crippen molar-refractivity contribution in [2.75, 3.05) is 19.6 Å². The van der Waals surface area contributed by atoms with Crippen LogP contribution in [0.3, 0.4) is 0 Å². The van der Waals surface area contributed by atoms with Crippen LogP contribution in [-0.2, 0) is 6.42 Å². The fourth-order valence-corrected chi connectivity index (χ4v) is 2.46. The summed E-state index contributed by atoms with van der Waals surface area (Å²) in [4.78, 5) is 4.31. The Balaban J connectivity index is 1.53. The Morgan fingerprint density at radius 3 is 3.00 bits per heavy atom. The fourth-order valence-electron chi connectivity index (χ4n) is 2.46. The molecule has 0 amide bonds. The van der Waals surface area contributed by atoms with Crippen molar-refractivity contribution in [2.24, 2.45) is 11.1 Å². The first-order chi connectivity index (χ1) is 9.21. The third-order valence-electron chi connectivity index (χ3n) is 4.04. The molecule has 1 saturated carbocycles. The van der Waals surface area contributed by atoms with E-state index in [0.717, 1.165) is 43.0 Å². The smallest absolute Gasteiger partial charge is 0.192 e. The van der Waals surface area contributed by atoms with E-state index >= 15 is 0 Å². The minimum Gasteiger partial charge on any atom is -0.441 e. The van der Waals surface area contributed by atoms with Gasteiger partial charge in [0.1, 0.15) is 5.52 Å². The highest BCUT2D eigenvalue weighted by molar-refractivity contribution is 5.73. The van der Waals surface area contributed by atoms with Crippen LogP contribution in [-0.4, -0.2) is 24.6 Å². The quantitative estimate of drug-likeness (QED) is 0.779. The number of rotatable bonds is 6. The van der Waals surface area contributed by atoms with Crippen molar-refractivity contribution >= 4 is 11.1 Å². The van der Waals surface area contributed by atoms with E-state index in [0.29, 0.717) is 5.41 Å². The number of benzene rings is 1. The zero-order valence-electron chi connectivity index (χ0n) is 11.4. The second kappa shape index (κ2) is 4.94. The third kappa shape index (κ3) is 2.80. The highest BCUT2D eigenvalue weighted by Crippen LogP contribution is 2.43. The van der Waals surface area contributed by atoms with E-state index in [-0.39, 0.29) is 0 Å². The summed E-state index contributed by atoms with van der Waals surface area (Å²) in [5, 5.41) is 3.51. The molecule has 0 spiro atoms. The molecule has 1 aliphatic carbocycles. The van der Waals surface area contributed by atoms with Crippen LogP contribution in [0.1, 0.15) is 24.3 Å². The summed E-state index contributed by atoms with van der Waals surface area (Å²) in [5.74, 6) is 0.726. The summed E-state index contributed by atoms with van der Waals surface area (Å²) in [7, 11) is 0. The first kappa shape index (κ1) is 12.6. The van der Waals surface area contributed by atoms with E-state index in [1.54, 1.807) is 0 Å². The number of fused-ring (bicyclic) bond motifs is 1. The highest BCUT2D eigenvalue weighted by atomic mass is 16.3. The van der Waals surface area contributed by atoms with Crippen molar-refractivity contribution in [1.29, 1.82) is 0 Å². The molecule has 1 heterocycles. The standard InChI is InChI=1S/C15H21N3O/c1-11-18-13-3-2-12(8-14(13)19-11)4-7-17-10-15(9-16)5-6-15/h2-3,8,17H,4-7,9-10,16H2,1H3. The maximum Gasteiger partial charge on any atom is 0.192 e. The van der Waals surface area contributed by atoms with Gasteiger partial charge in [0.05, 0.1) is 0 Å². The predicted octanol–water partition coefficient (Wildman–Crippen LogP) is 2.01. The van der Waals surface area contributed by atoms with E-state index in [2.05, 4.69) is 22.4 Å². The zero-order valence-corrected chi connectivity index (χ0v) is 11.4. The number of hydrogen-bond donors (Lipinski definition) is 2. The van der Waals surface area contributed by atoms with Gasteiger partial charge < -0.3 is 15.5 Å². The molecule has 0 saturated heterocycles. The van der Waals surface area contributed by atoms with Gasteiger partial charge in [-0.2, -0.15) is 0 Å². The lowest BCUT2D eigenvalue weighted by atomic mass is 10.1. The summed E-state index contributed by atoms with van der Waals surface area (Å²) in [6.45, 7) is 4.72. The minimum absolute atomic E-state index is 0.409. The Labute approximate surface area is 113 Å². The second-order valence-corrected chi connectivity index (χ2v) is 5.67. The molecular weight excluding hydrogens is 238 g/mol. The second-order valence-electron chi connectivity index (χ2n) is 5.67.